The first kappa shape index (κ1) is 13.4. The van der Waals surface area contributed by atoms with Crippen LogP contribution in [0.5, 0.6) is 11.6 Å². The first-order valence-electron chi connectivity index (χ1n) is 5.50. The van der Waals surface area contributed by atoms with Crippen LogP contribution in [0.2, 0.25) is 0 Å². The average Bonchev–Trinajstić information content (AvgIpc) is 2.38. The summed E-state index contributed by atoms with van der Waals surface area (Å²) < 4.78 is 43.5. The topological polar surface area (TPSA) is 48.1 Å². The Morgan fingerprint density at radius 3 is 2.58 bits per heavy atom. The van der Waals surface area contributed by atoms with E-state index in [4.69, 9.17) is 10.5 Å². The molecule has 0 atom stereocenters. The van der Waals surface area contributed by atoms with Crippen molar-refractivity contribution in [2.45, 2.75) is 12.7 Å². The molecule has 0 fully saturated rings. The highest BCUT2D eigenvalue weighted by atomic mass is 19.4. The van der Waals surface area contributed by atoms with Gasteiger partial charge >= 0.3 is 6.18 Å². The molecular weight excluding hydrogens is 257 g/mol. The van der Waals surface area contributed by atoms with Gasteiger partial charge in [0.25, 0.3) is 0 Å². The van der Waals surface area contributed by atoms with Crippen molar-refractivity contribution in [3.8, 4) is 11.6 Å². The molecular formula is C13H11F3N2O. The van der Waals surface area contributed by atoms with Crippen molar-refractivity contribution in [2.24, 2.45) is 5.73 Å². The zero-order valence-corrected chi connectivity index (χ0v) is 9.82. The van der Waals surface area contributed by atoms with E-state index in [1.165, 1.54) is 30.5 Å². The van der Waals surface area contributed by atoms with Crippen molar-refractivity contribution < 1.29 is 17.9 Å². The molecule has 0 spiro atoms. The van der Waals surface area contributed by atoms with E-state index in [1.54, 1.807) is 6.07 Å². The third-order valence-electron chi connectivity index (χ3n) is 2.44. The molecule has 2 aromatic rings. The Kier molecular flexibility index (Phi) is 3.71. The van der Waals surface area contributed by atoms with Gasteiger partial charge < -0.3 is 10.5 Å². The number of benzene rings is 1. The maximum absolute atomic E-state index is 12.8. The predicted octanol–water partition coefficient (Wildman–Crippen LogP) is 3.35. The van der Waals surface area contributed by atoms with Gasteiger partial charge in [0.05, 0.1) is 5.56 Å². The highest BCUT2D eigenvalue weighted by Crippen LogP contribution is 2.37. The first-order valence-corrected chi connectivity index (χ1v) is 5.50. The molecule has 0 saturated heterocycles. The van der Waals surface area contributed by atoms with E-state index in [9.17, 15) is 13.2 Å². The second kappa shape index (κ2) is 5.27. The summed E-state index contributed by atoms with van der Waals surface area (Å²) in [5.41, 5.74) is 5.34. The summed E-state index contributed by atoms with van der Waals surface area (Å²) in [7, 11) is 0. The van der Waals surface area contributed by atoms with Gasteiger partial charge in [-0.05, 0) is 23.8 Å². The van der Waals surface area contributed by atoms with Gasteiger partial charge in [-0.25, -0.2) is 4.98 Å². The summed E-state index contributed by atoms with van der Waals surface area (Å²) in [6, 6.07) is 8.16. The molecule has 19 heavy (non-hydrogen) atoms. The number of ether oxygens (including phenoxy) is 1. The van der Waals surface area contributed by atoms with Crippen LogP contribution in [0.3, 0.4) is 0 Å². The molecule has 0 radical (unpaired) electrons. The summed E-state index contributed by atoms with van der Waals surface area (Å²) in [5.74, 6) is -0.198. The van der Waals surface area contributed by atoms with Gasteiger partial charge in [0.2, 0.25) is 5.88 Å². The van der Waals surface area contributed by atoms with Crippen molar-refractivity contribution in [1.82, 2.24) is 4.98 Å². The minimum absolute atomic E-state index is 0.0830. The second-order valence-corrected chi connectivity index (χ2v) is 3.80. The lowest BCUT2D eigenvalue weighted by Gasteiger charge is -2.13. The van der Waals surface area contributed by atoms with Crippen molar-refractivity contribution >= 4 is 0 Å². The third kappa shape index (κ3) is 3.23. The van der Waals surface area contributed by atoms with Crippen LogP contribution in [0.4, 0.5) is 13.2 Å². The van der Waals surface area contributed by atoms with E-state index < -0.39 is 11.7 Å². The Labute approximate surface area is 107 Å². The fourth-order valence-corrected chi connectivity index (χ4v) is 1.54. The summed E-state index contributed by atoms with van der Waals surface area (Å²) in [6.45, 7) is 0.264. The quantitative estimate of drug-likeness (QED) is 0.928. The second-order valence-electron chi connectivity index (χ2n) is 3.80. The minimum atomic E-state index is -4.47. The molecule has 3 nitrogen and oxygen atoms in total. The molecule has 0 bridgehead atoms. The lowest BCUT2D eigenvalue weighted by molar-refractivity contribution is -0.138. The number of hydrogen-bond acceptors (Lipinski definition) is 3. The Balaban J connectivity index is 2.33. The highest BCUT2D eigenvalue weighted by Gasteiger charge is 2.34. The molecule has 6 heteroatoms. The summed E-state index contributed by atoms with van der Waals surface area (Å²) in [6.07, 6.45) is -3.03. The van der Waals surface area contributed by atoms with Crippen LogP contribution in [0.15, 0.2) is 42.6 Å². The molecule has 0 aliphatic carbocycles. The number of hydrogen-bond donors (Lipinski definition) is 1. The Morgan fingerprint density at radius 2 is 1.89 bits per heavy atom. The van der Waals surface area contributed by atoms with Crippen LogP contribution in [-0.4, -0.2) is 4.98 Å². The molecule has 100 valence electrons. The van der Waals surface area contributed by atoms with E-state index in [1.807, 2.05) is 0 Å². The fourth-order valence-electron chi connectivity index (χ4n) is 1.54. The van der Waals surface area contributed by atoms with Crippen LogP contribution < -0.4 is 10.5 Å². The van der Waals surface area contributed by atoms with Crippen LogP contribution in [0.1, 0.15) is 11.1 Å². The lowest BCUT2D eigenvalue weighted by atomic mass is 10.2. The maximum atomic E-state index is 12.8. The van der Waals surface area contributed by atoms with Gasteiger partial charge in [-0.1, -0.05) is 12.1 Å². The van der Waals surface area contributed by atoms with Crippen LogP contribution in [-0.2, 0) is 12.7 Å². The third-order valence-corrected chi connectivity index (χ3v) is 2.44. The molecule has 2 rings (SSSR count). The number of para-hydroxylation sites is 1. The van der Waals surface area contributed by atoms with Crippen LogP contribution in [0.25, 0.3) is 0 Å². The standard InChI is InChI=1S/C13H11F3N2O/c14-13(15,16)10-3-1-2-4-11(10)19-12-7-9(8-17)5-6-18-12/h1-7H,8,17H2. The van der Waals surface area contributed by atoms with Crippen LogP contribution >= 0.6 is 0 Å². The number of halogens is 3. The monoisotopic (exact) mass is 268 g/mol. The Morgan fingerprint density at radius 1 is 1.16 bits per heavy atom. The Bertz CT molecular complexity index is 570. The zero-order valence-electron chi connectivity index (χ0n) is 9.82. The largest absolute Gasteiger partial charge is 0.438 e. The van der Waals surface area contributed by atoms with Crippen molar-refractivity contribution in [3.05, 3.63) is 53.7 Å². The predicted molar refractivity (Wildman–Crippen MR) is 63.6 cm³/mol. The van der Waals surface area contributed by atoms with Gasteiger partial charge in [0, 0.05) is 18.8 Å². The normalized spacial score (nSPS) is 11.4. The van der Waals surface area contributed by atoms with E-state index in [2.05, 4.69) is 4.98 Å². The minimum Gasteiger partial charge on any atom is -0.438 e. The number of alkyl halides is 3. The average molecular weight is 268 g/mol. The first-order chi connectivity index (χ1) is 9.00. The van der Waals surface area contributed by atoms with Gasteiger partial charge in [0.1, 0.15) is 5.75 Å². The Hall–Kier alpha value is -2.08. The fraction of sp³-hybridized carbons (Fsp3) is 0.154. The van der Waals surface area contributed by atoms with E-state index in [0.717, 1.165) is 11.6 Å². The zero-order chi connectivity index (χ0) is 13.9. The van der Waals surface area contributed by atoms with Gasteiger partial charge in [0.15, 0.2) is 0 Å². The van der Waals surface area contributed by atoms with Crippen molar-refractivity contribution in [3.63, 3.8) is 0 Å². The molecule has 1 heterocycles. The molecule has 0 amide bonds. The van der Waals surface area contributed by atoms with Crippen molar-refractivity contribution in [2.75, 3.05) is 0 Å². The van der Waals surface area contributed by atoms with Gasteiger partial charge in [-0.3, -0.25) is 0 Å². The van der Waals surface area contributed by atoms with Crippen LogP contribution in [0, 0.1) is 0 Å². The SMILES string of the molecule is NCc1ccnc(Oc2ccccc2C(F)(F)F)c1. The number of nitrogens with zero attached hydrogens (tertiary/aromatic N) is 1. The number of aromatic nitrogens is 1. The van der Waals surface area contributed by atoms with E-state index >= 15 is 0 Å². The summed E-state index contributed by atoms with van der Waals surface area (Å²) >= 11 is 0. The molecule has 1 aromatic heterocycles. The molecule has 2 N–H and O–H groups in total. The number of nitrogens with two attached hydrogens (primary N) is 1. The molecule has 0 aliphatic rings. The summed E-state index contributed by atoms with van der Waals surface area (Å²) in [5, 5.41) is 0. The van der Waals surface area contributed by atoms with E-state index in [0.29, 0.717) is 0 Å². The molecule has 0 unspecified atom stereocenters. The number of pyridine rings is 1. The maximum Gasteiger partial charge on any atom is 0.419 e. The van der Waals surface area contributed by atoms with Gasteiger partial charge in [-0.2, -0.15) is 13.2 Å². The van der Waals surface area contributed by atoms with Gasteiger partial charge in [-0.15, -0.1) is 0 Å². The summed E-state index contributed by atoms with van der Waals surface area (Å²) in [4.78, 5) is 3.86. The number of rotatable bonds is 3. The molecule has 0 saturated carbocycles. The highest BCUT2D eigenvalue weighted by molar-refractivity contribution is 5.38. The molecule has 0 aliphatic heterocycles. The lowest BCUT2D eigenvalue weighted by Crippen LogP contribution is -2.07. The molecule has 1 aromatic carbocycles. The van der Waals surface area contributed by atoms with Crippen molar-refractivity contribution in [1.29, 1.82) is 0 Å². The van der Waals surface area contributed by atoms with E-state index in [-0.39, 0.29) is 18.2 Å². The smallest absolute Gasteiger partial charge is 0.419 e.